The molecule has 0 aromatic heterocycles. The van der Waals surface area contributed by atoms with Crippen molar-refractivity contribution in [2.24, 2.45) is 0 Å². The third kappa shape index (κ3) is 3.67. The normalized spacial score (nSPS) is 11.1. The van der Waals surface area contributed by atoms with Crippen LogP contribution in [0.25, 0.3) is 0 Å². The van der Waals surface area contributed by atoms with Crippen molar-refractivity contribution >= 4 is 11.8 Å². The van der Waals surface area contributed by atoms with E-state index in [0.717, 1.165) is 11.4 Å². The van der Waals surface area contributed by atoms with Crippen molar-refractivity contribution in [3.63, 3.8) is 0 Å². The molecule has 0 rings (SSSR count). The molecule has 0 aromatic carbocycles. The Hall–Kier alpha value is -0.630. The molecule has 0 unspecified atom stereocenters. The molecule has 0 saturated heterocycles. The molecule has 0 bridgehead atoms. The standard InChI is InChI=1S/C10H17NS/c1-6-10(7-2)12-9(4)11(5)8-3/h6,8H,3-4,7H2,1-2,5H3/b10-6-. The van der Waals surface area contributed by atoms with Gasteiger partial charge in [-0.3, -0.25) is 0 Å². The van der Waals surface area contributed by atoms with Crippen molar-refractivity contribution in [1.82, 2.24) is 4.90 Å². The van der Waals surface area contributed by atoms with Crippen LogP contribution < -0.4 is 0 Å². The number of rotatable bonds is 5. The number of hydrogen-bond donors (Lipinski definition) is 0. The third-order valence-corrected chi connectivity index (χ3v) is 2.90. The molecule has 68 valence electrons. The van der Waals surface area contributed by atoms with Gasteiger partial charge < -0.3 is 4.90 Å². The van der Waals surface area contributed by atoms with Crippen LogP contribution >= 0.6 is 11.8 Å². The van der Waals surface area contributed by atoms with Gasteiger partial charge in [0.25, 0.3) is 0 Å². The molecule has 0 spiro atoms. The fourth-order valence-electron chi connectivity index (χ4n) is 0.660. The molecule has 0 atom stereocenters. The minimum absolute atomic E-state index is 1.01. The predicted octanol–water partition coefficient (Wildman–Crippen LogP) is 3.58. The minimum Gasteiger partial charge on any atom is -0.347 e. The van der Waals surface area contributed by atoms with Crippen molar-refractivity contribution in [2.75, 3.05) is 7.05 Å². The zero-order valence-corrected chi connectivity index (χ0v) is 8.95. The highest BCUT2D eigenvalue weighted by atomic mass is 32.2. The van der Waals surface area contributed by atoms with Gasteiger partial charge in [0.15, 0.2) is 0 Å². The van der Waals surface area contributed by atoms with Gasteiger partial charge in [-0.25, -0.2) is 0 Å². The lowest BCUT2D eigenvalue weighted by Gasteiger charge is -2.16. The van der Waals surface area contributed by atoms with E-state index in [4.69, 9.17) is 0 Å². The van der Waals surface area contributed by atoms with E-state index in [1.165, 1.54) is 4.91 Å². The molecule has 12 heavy (non-hydrogen) atoms. The molecule has 0 heterocycles. The molecule has 2 heteroatoms. The minimum atomic E-state index is 1.01. The van der Waals surface area contributed by atoms with E-state index in [1.54, 1.807) is 18.0 Å². The molecule has 0 amide bonds. The lowest BCUT2D eigenvalue weighted by atomic mass is 10.4. The van der Waals surface area contributed by atoms with Crippen LogP contribution in [-0.4, -0.2) is 11.9 Å². The van der Waals surface area contributed by atoms with Crippen LogP contribution in [0, 0.1) is 0 Å². The Morgan fingerprint density at radius 2 is 2.17 bits per heavy atom. The van der Waals surface area contributed by atoms with Crippen LogP contribution in [-0.2, 0) is 0 Å². The summed E-state index contributed by atoms with van der Waals surface area (Å²) in [6.07, 6.45) is 4.94. The van der Waals surface area contributed by atoms with Gasteiger partial charge in [0, 0.05) is 7.05 Å². The van der Waals surface area contributed by atoms with Gasteiger partial charge in [-0.15, -0.1) is 0 Å². The quantitative estimate of drug-likeness (QED) is 0.641. The van der Waals surface area contributed by atoms with Crippen LogP contribution in [0.1, 0.15) is 20.3 Å². The van der Waals surface area contributed by atoms with E-state index in [-0.39, 0.29) is 0 Å². The molecule has 0 aliphatic rings. The summed E-state index contributed by atoms with van der Waals surface area (Å²) in [7, 11) is 1.95. The summed E-state index contributed by atoms with van der Waals surface area (Å²) >= 11 is 1.70. The van der Waals surface area contributed by atoms with Crippen LogP contribution in [0.2, 0.25) is 0 Å². The van der Waals surface area contributed by atoms with Crippen molar-refractivity contribution < 1.29 is 0 Å². The van der Waals surface area contributed by atoms with Gasteiger partial charge in [0.1, 0.15) is 0 Å². The highest BCUT2D eigenvalue weighted by Crippen LogP contribution is 2.27. The molecule has 0 aliphatic carbocycles. The van der Waals surface area contributed by atoms with E-state index in [2.05, 4.69) is 26.2 Å². The zero-order chi connectivity index (χ0) is 9.56. The van der Waals surface area contributed by atoms with Gasteiger partial charge in [0.2, 0.25) is 0 Å². The molecule has 0 aliphatic heterocycles. The van der Waals surface area contributed by atoms with Gasteiger partial charge >= 0.3 is 0 Å². The fraction of sp³-hybridized carbons (Fsp3) is 0.400. The second-order valence-corrected chi connectivity index (χ2v) is 3.60. The number of thioether (sulfide) groups is 1. The van der Waals surface area contributed by atoms with Gasteiger partial charge in [-0.05, 0) is 24.4 Å². The Labute approximate surface area is 79.8 Å². The maximum absolute atomic E-state index is 3.94. The van der Waals surface area contributed by atoms with E-state index in [0.29, 0.717) is 0 Å². The molecule has 0 N–H and O–H groups in total. The highest BCUT2D eigenvalue weighted by molar-refractivity contribution is 8.06. The van der Waals surface area contributed by atoms with Gasteiger partial charge in [-0.1, -0.05) is 37.9 Å². The Kier molecular flexibility index (Phi) is 5.64. The van der Waals surface area contributed by atoms with E-state index in [9.17, 15) is 0 Å². The Morgan fingerprint density at radius 1 is 1.58 bits per heavy atom. The molecular weight excluding hydrogens is 166 g/mol. The molecular formula is C10H17NS. The largest absolute Gasteiger partial charge is 0.347 e. The molecule has 0 saturated carbocycles. The number of nitrogens with zero attached hydrogens (tertiary/aromatic N) is 1. The van der Waals surface area contributed by atoms with Crippen LogP contribution in [0.5, 0.6) is 0 Å². The average molecular weight is 183 g/mol. The van der Waals surface area contributed by atoms with Crippen molar-refractivity contribution in [2.45, 2.75) is 20.3 Å². The monoisotopic (exact) mass is 183 g/mol. The maximum atomic E-state index is 3.94. The average Bonchev–Trinajstić information content (AvgIpc) is 2.12. The Morgan fingerprint density at radius 3 is 2.50 bits per heavy atom. The van der Waals surface area contributed by atoms with Crippen LogP contribution in [0.3, 0.4) is 0 Å². The van der Waals surface area contributed by atoms with Crippen molar-refractivity contribution in [3.8, 4) is 0 Å². The van der Waals surface area contributed by atoms with Crippen LogP contribution in [0.4, 0.5) is 0 Å². The summed E-state index contributed by atoms with van der Waals surface area (Å²) in [6.45, 7) is 11.8. The number of allylic oxidation sites excluding steroid dienone is 2. The first-order valence-corrected chi connectivity index (χ1v) is 4.84. The second kappa shape index (κ2) is 5.95. The molecule has 0 fully saturated rings. The second-order valence-electron chi connectivity index (χ2n) is 2.40. The van der Waals surface area contributed by atoms with Crippen molar-refractivity contribution in [3.05, 3.63) is 35.4 Å². The fourth-order valence-corrected chi connectivity index (χ4v) is 1.44. The summed E-state index contributed by atoms with van der Waals surface area (Å²) in [5.74, 6) is 0. The van der Waals surface area contributed by atoms with Crippen molar-refractivity contribution in [1.29, 1.82) is 0 Å². The lowest BCUT2D eigenvalue weighted by Crippen LogP contribution is -2.05. The Balaban J connectivity index is 4.08. The van der Waals surface area contributed by atoms with E-state index < -0.39 is 0 Å². The van der Waals surface area contributed by atoms with Crippen LogP contribution in [0.15, 0.2) is 35.4 Å². The zero-order valence-electron chi connectivity index (χ0n) is 8.13. The lowest BCUT2D eigenvalue weighted by molar-refractivity contribution is 0.616. The van der Waals surface area contributed by atoms with Gasteiger partial charge in [-0.2, -0.15) is 0 Å². The summed E-state index contributed by atoms with van der Waals surface area (Å²) in [5.41, 5.74) is 0. The molecule has 0 radical (unpaired) electrons. The smallest absolute Gasteiger partial charge is 0.0716 e. The topological polar surface area (TPSA) is 3.24 Å². The summed E-state index contributed by atoms with van der Waals surface area (Å²) in [5, 5.41) is 1.01. The third-order valence-electron chi connectivity index (χ3n) is 1.59. The summed E-state index contributed by atoms with van der Waals surface area (Å²) in [6, 6.07) is 0. The van der Waals surface area contributed by atoms with E-state index >= 15 is 0 Å². The SMILES string of the molecule is C=CN(C)C(=C)S/C(=C\C)CC. The molecule has 1 nitrogen and oxygen atoms in total. The molecule has 0 aromatic rings. The first-order chi connectivity index (χ1) is 5.65. The predicted molar refractivity (Wildman–Crippen MR) is 58.7 cm³/mol. The summed E-state index contributed by atoms with van der Waals surface area (Å²) in [4.78, 5) is 3.26. The Bertz CT molecular complexity index is 194. The first-order valence-electron chi connectivity index (χ1n) is 4.03. The maximum Gasteiger partial charge on any atom is 0.0716 e. The number of hydrogen-bond acceptors (Lipinski definition) is 2. The highest BCUT2D eigenvalue weighted by Gasteiger charge is 2.00. The summed E-state index contributed by atoms with van der Waals surface area (Å²) < 4.78 is 0. The first kappa shape index (κ1) is 11.4. The van der Waals surface area contributed by atoms with Gasteiger partial charge in [0.05, 0.1) is 5.03 Å². The van der Waals surface area contributed by atoms with E-state index in [1.807, 2.05) is 18.9 Å².